The molecule has 13 heteroatoms. The molecule has 1 aromatic heterocycles. The van der Waals surface area contributed by atoms with Gasteiger partial charge in [-0.25, -0.2) is 0 Å². The third-order valence-electron chi connectivity index (χ3n) is 15.4. The summed E-state index contributed by atoms with van der Waals surface area (Å²) in [5, 5.41) is 38.1. The van der Waals surface area contributed by atoms with Crippen molar-refractivity contribution in [1.82, 2.24) is 15.0 Å². The molecule has 4 N–H and O–H groups in total. The molecule has 0 amide bonds. The molecule has 0 saturated heterocycles. The van der Waals surface area contributed by atoms with E-state index in [4.69, 9.17) is 24.4 Å². The fraction of sp³-hybridized carbons (Fsp3) is 0.685. The van der Waals surface area contributed by atoms with E-state index >= 15 is 0 Å². The number of nitrogens with zero attached hydrogens (tertiary/aromatic N) is 3. The molecule has 11 nitrogen and oxygen atoms in total. The number of aromatic hydroxyl groups is 3. The van der Waals surface area contributed by atoms with Gasteiger partial charge in [-0.05, 0) is 129 Å². The monoisotopic (exact) mass is 1230 g/mol. The lowest BCUT2D eigenvalue weighted by atomic mass is 9.78. The Morgan fingerprint density at radius 1 is 0.407 bits per heavy atom. The number of phenols is 3. The number of hydrogen-bond acceptors (Lipinski definition) is 13. The zero-order valence-corrected chi connectivity index (χ0v) is 59.2. The SMILES string of the molecule is CC(C)(C)c1cc(CCC(=O)OCCCCCCOC(=O)CCc2cc(C(C)(C)C)c(O)c(C(C)(C)C)c2)cc(C(C)(C)C)c1O.CCCCCCCCSc1nc(Nc2cc(C(C)(C)C)c(O)c(C(C)(C)C)c2)nc(SCCCCCCCC)n1. The van der Waals surface area contributed by atoms with E-state index in [0.29, 0.717) is 62.1 Å². The largest absolute Gasteiger partial charge is 0.507 e. The van der Waals surface area contributed by atoms with Gasteiger partial charge in [0.05, 0.1) is 13.2 Å². The standard InChI is InChI=1S/C40H62O6.C33H56N4OS2/c1-37(2,3)29-23-27(24-30(35(29)43)38(4,5)6)17-19-33(41)45-21-15-13-14-16-22-46-34(42)20-18-28-25-31(39(7,8)9)36(44)32(26-28)40(10,11)12;1-9-11-13-15-17-19-21-39-30-35-29(36-31(37-30)40-22-20-18-16-14-12-10-2)34-25-23-26(32(3,4)5)28(38)27(24-25)33(6,7)8/h23-26,43-44H,13-22H2,1-12H3;23-24,38H,9-22H2,1-8H3,(H,34,35,36,37). The lowest BCUT2D eigenvalue weighted by Gasteiger charge is -2.28. The van der Waals surface area contributed by atoms with Crippen molar-refractivity contribution in [2.24, 2.45) is 0 Å². The number of carbonyl (C=O) groups excluding carboxylic acids is 2. The Bertz CT molecular complexity index is 2470. The van der Waals surface area contributed by atoms with Crippen molar-refractivity contribution >= 4 is 47.1 Å². The predicted molar refractivity (Wildman–Crippen MR) is 365 cm³/mol. The van der Waals surface area contributed by atoms with Crippen molar-refractivity contribution in [3.8, 4) is 17.2 Å². The summed E-state index contributed by atoms with van der Waals surface area (Å²) in [7, 11) is 0. The summed E-state index contributed by atoms with van der Waals surface area (Å²) in [6.45, 7) is 43.1. The lowest BCUT2D eigenvalue weighted by molar-refractivity contribution is -0.145. The summed E-state index contributed by atoms with van der Waals surface area (Å²) in [6, 6.07) is 12.2. The van der Waals surface area contributed by atoms with Gasteiger partial charge in [-0.15, -0.1) is 0 Å². The number of rotatable bonds is 31. The Morgan fingerprint density at radius 3 is 0.988 bits per heavy atom. The van der Waals surface area contributed by atoms with Crippen LogP contribution in [0.4, 0.5) is 11.6 Å². The summed E-state index contributed by atoms with van der Waals surface area (Å²) in [6.07, 6.45) is 20.5. The fourth-order valence-corrected chi connectivity index (χ4v) is 11.8. The van der Waals surface area contributed by atoms with E-state index in [9.17, 15) is 24.9 Å². The average molecular weight is 1230 g/mol. The lowest BCUT2D eigenvalue weighted by Crippen LogP contribution is -2.18. The van der Waals surface area contributed by atoms with Gasteiger partial charge in [0.2, 0.25) is 5.95 Å². The van der Waals surface area contributed by atoms with E-state index < -0.39 is 0 Å². The van der Waals surface area contributed by atoms with Crippen LogP contribution in [0.5, 0.6) is 17.2 Å². The number of carbonyl (C=O) groups is 2. The number of aryl methyl sites for hydroxylation is 2. The molecule has 0 aliphatic rings. The second-order valence-electron chi connectivity index (χ2n) is 29.9. The van der Waals surface area contributed by atoms with Gasteiger partial charge < -0.3 is 30.1 Å². The maximum atomic E-state index is 12.4. The molecule has 4 rings (SSSR count). The smallest absolute Gasteiger partial charge is 0.306 e. The fourth-order valence-electron chi connectivity index (χ4n) is 10.1. The van der Waals surface area contributed by atoms with Crippen LogP contribution in [0.1, 0.15) is 299 Å². The highest BCUT2D eigenvalue weighted by Crippen LogP contribution is 2.44. The molecule has 0 bridgehead atoms. The number of nitrogens with one attached hydrogen (secondary N) is 1. The average Bonchev–Trinajstić information content (AvgIpc) is 1.00. The molecule has 0 aliphatic heterocycles. The second-order valence-corrected chi connectivity index (χ2v) is 32.1. The molecule has 0 unspecified atom stereocenters. The topological polar surface area (TPSA) is 164 Å². The van der Waals surface area contributed by atoms with Gasteiger partial charge in [0.1, 0.15) is 17.2 Å². The van der Waals surface area contributed by atoms with Crippen LogP contribution < -0.4 is 5.32 Å². The third-order valence-corrected chi connectivity index (χ3v) is 17.3. The molecule has 0 spiro atoms. The van der Waals surface area contributed by atoms with Crippen molar-refractivity contribution in [2.75, 3.05) is 30.0 Å². The van der Waals surface area contributed by atoms with Crippen molar-refractivity contribution < 1.29 is 34.4 Å². The molecular formula is C73H118N4O7S2. The van der Waals surface area contributed by atoms with Crippen molar-refractivity contribution in [3.05, 3.63) is 80.9 Å². The molecule has 86 heavy (non-hydrogen) atoms. The molecule has 484 valence electrons. The molecule has 0 fully saturated rings. The summed E-state index contributed by atoms with van der Waals surface area (Å²) in [5.41, 5.74) is 7.18. The van der Waals surface area contributed by atoms with Gasteiger partial charge >= 0.3 is 11.9 Å². The Balaban J connectivity index is 0.000000455. The first-order valence-electron chi connectivity index (χ1n) is 32.7. The zero-order valence-electron chi connectivity index (χ0n) is 57.6. The van der Waals surface area contributed by atoms with Gasteiger partial charge in [-0.3, -0.25) is 9.59 Å². The number of esters is 2. The van der Waals surface area contributed by atoms with E-state index in [1.807, 2.05) is 36.4 Å². The zero-order chi connectivity index (χ0) is 64.7. The molecule has 0 radical (unpaired) electrons. The summed E-state index contributed by atoms with van der Waals surface area (Å²) < 4.78 is 11.0. The number of hydrogen-bond donors (Lipinski definition) is 4. The van der Waals surface area contributed by atoms with Crippen LogP contribution in [0.2, 0.25) is 0 Å². The molecule has 0 atom stereocenters. The van der Waals surface area contributed by atoms with Crippen LogP contribution in [0.15, 0.2) is 46.7 Å². The second kappa shape index (κ2) is 35.0. The van der Waals surface area contributed by atoms with Crippen LogP contribution >= 0.6 is 23.5 Å². The normalized spacial score (nSPS) is 12.5. The number of phenolic OH excluding ortho intramolecular Hbond substituents is 3. The third kappa shape index (κ3) is 27.1. The summed E-state index contributed by atoms with van der Waals surface area (Å²) in [4.78, 5) is 39.3. The summed E-state index contributed by atoms with van der Waals surface area (Å²) >= 11 is 3.48. The summed E-state index contributed by atoms with van der Waals surface area (Å²) in [5.74, 6) is 3.28. The first-order chi connectivity index (χ1) is 40.0. The number of thioether (sulfide) groups is 2. The molecule has 4 aromatic rings. The van der Waals surface area contributed by atoms with Crippen LogP contribution in [-0.2, 0) is 64.4 Å². The van der Waals surface area contributed by atoms with Crippen LogP contribution in [0.25, 0.3) is 0 Å². The molecule has 0 aliphatic carbocycles. The number of benzene rings is 3. The Kier molecular flexibility index (Phi) is 30.9. The van der Waals surface area contributed by atoms with Crippen molar-refractivity contribution in [2.45, 2.75) is 310 Å². The first-order valence-corrected chi connectivity index (χ1v) is 34.7. The number of anilines is 2. The van der Waals surface area contributed by atoms with Crippen molar-refractivity contribution in [1.29, 1.82) is 0 Å². The van der Waals surface area contributed by atoms with E-state index in [1.165, 1.54) is 77.0 Å². The van der Waals surface area contributed by atoms with Gasteiger partial charge in [0, 0.05) is 41.2 Å². The highest BCUT2D eigenvalue weighted by Gasteiger charge is 2.30. The minimum absolute atomic E-state index is 0.197. The Morgan fingerprint density at radius 2 is 0.686 bits per heavy atom. The van der Waals surface area contributed by atoms with Crippen molar-refractivity contribution in [3.63, 3.8) is 0 Å². The molecular weight excluding hydrogens is 1110 g/mol. The van der Waals surface area contributed by atoms with Gasteiger partial charge in [-0.2, -0.15) is 15.0 Å². The van der Waals surface area contributed by atoms with Crippen LogP contribution in [0.3, 0.4) is 0 Å². The molecule has 3 aromatic carbocycles. The Labute approximate surface area is 531 Å². The first kappa shape index (κ1) is 75.8. The highest BCUT2D eigenvalue weighted by atomic mass is 32.2. The molecule has 1 heterocycles. The van der Waals surface area contributed by atoms with Gasteiger partial charge in [-0.1, -0.05) is 250 Å². The van der Waals surface area contributed by atoms with Crippen LogP contribution in [0, 0.1) is 0 Å². The maximum absolute atomic E-state index is 12.4. The molecule has 0 saturated carbocycles. The van der Waals surface area contributed by atoms with Gasteiger partial charge in [0.25, 0.3) is 0 Å². The maximum Gasteiger partial charge on any atom is 0.306 e. The highest BCUT2D eigenvalue weighted by molar-refractivity contribution is 7.99. The van der Waals surface area contributed by atoms with E-state index in [1.54, 1.807) is 23.5 Å². The van der Waals surface area contributed by atoms with E-state index in [-0.39, 0.29) is 44.4 Å². The number of unbranched alkanes of at least 4 members (excludes halogenated alkanes) is 13. The number of aromatic nitrogens is 3. The van der Waals surface area contributed by atoms with E-state index in [0.717, 1.165) is 97.7 Å². The quantitative estimate of drug-likeness (QED) is 0.0163. The van der Waals surface area contributed by atoms with E-state index in [2.05, 4.69) is 144 Å². The van der Waals surface area contributed by atoms with Gasteiger partial charge in [0.15, 0.2) is 10.3 Å². The Hall–Kier alpha value is -4.49. The number of ether oxygens (including phenoxy) is 2. The predicted octanol–water partition coefficient (Wildman–Crippen LogP) is 20.3. The minimum Gasteiger partial charge on any atom is -0.507 e. The minimum atomic E-state index is -0.213. The van der Waals surface area contributed by atoms with Crippen LogP contribution in [-0.4, -0.2) is 66.9 Å².